The van der Waals surface area contributed by atoms with Crippen LogP contribution in [0.5, 0.6) is 0 Å². The minimum absolute atomic E-state index is 0.0335. The van der Waals surface area contributed by atoms with Gasteiger partial charge in [0.05, 0.1) is 0 Å². The van der Waals surface area contributed by atoms with Gasteiger partial charge in [-0.05, 0) is 49.4 Å². The summed E-state index contributed by atoms with van der Waals surface area (Å²) >= 11 is 0. The molecule has 0 unspecified atom stereocenters. The summed E-state index contributed by atoms with van der Waals surface area (Å²) in [6.07, 6.45) is 3.46. The molecule has 1 N–H and O–H groups in total. The highest BCUT2D eigenvalue weighted by molar-refractivity contribution is 5.29. The molecule has 2 fully saturated rings. The van der Waals surface area contributed by atoms with Crippen LogP contribution in [0.4, 0.5) is 13.2 Å². The van der Waals surface area contributed by atoms with Gasteiger partial charge in [0.2, 0.25) is 0 Å². The lowest BCUT2D eigenvalue weighted by Gasteiger charge is -2.31. The molecule has 1 atom stereocenters. The largest absolute Gasteiger partial charge is 0.315 e. The van der Waals surface area contributed by atoms with Crippen molar-refractivity contribution < 1.29 is 13.2 Å². The van der Waals surface area contributed by atoms with E-state index >= 15 is 0 Å². The zero-order valence-electron chi connectivity index (χ0n) is 13.4. The highest BCUT2D eigenvalue weighted by Gasteiger charge is 2.27. The lowest BCUT2D eigenvalue weighted by Crippen LogP contribution is -2.39. The van der Waals surface area contributed by atoms with E-state index in [9.17, 15) is 13.2 Å². The molecule has 1 saturated carbocycles. The summed E-state index contributed by atoms with van der Waals surface area (Å²) in [5.74, 6) is 0.217. The third kappa shape index (κ3) is 4.27. The van der Waals surface area contributed by atoms with Crippen molar-refractivity contribution in [1.29, 1.82) is 0 Å². The molecule has 2 nitrogen and oxygen atoms in total. The van der Waals surface area contributed by atoms with Crippen molar-refractivity contribution >= 4 is 0 Å². The SMILES string of the molecule is Fc1ccc(C(F)F)c(CN(CC2CCCC2)[C@H]2CCNC2)c1. The molecule has 1 saturated heterocycles. The molecule has 0 aromatic heterocycles. The lowest BCUT2D eigenvalue weighted by molar-refractivity contribution is 0.141. The Balaban J connectivity index is 1.78. The zero-order chi connectivity index (χ0) is 16.2. The Labute approximate surface area is 136 Å². The molecule has 0 spiro atoms. The molecule has 1 aromatic rings. The molecule has 3 rings (SSSR count). The number of nitrogens with zero attached hydrogens (tertiary/aromatic N) is 1. The molecule has 1 heterocycles. The Hall–Kier alpha value is -1.07. The van der Waals surface area contributed by atoms with Gasteiger partial charge in [0.1, 0.15) is 5.82 Å². The van der Waals surface area contributed by atoms with Gasteiger partial charge in [-0.3, -0.25) is 4.90 Å². The Morgan fingerprint density at radius 1 is 1.17 bits per heavy atom. The highest BCUT2D eigenvalue weighted by Crippen LogP contribution is 2.30. The van der Waals surface area contributed by atoms with Gasteiger partial charge in [-0.1, -0.05) is 18.9 Å². The summed E-state index contributed by atoms with van der Waals surface area (Å²) in [6, 6.07) is 4.01. The van der Waals surface area contributed by atoms with Crippen LogP contribution in [0.15, 0.2) is 18.2 Å². The van der Waals surface area contributed by atoms with E-state index in [1.54, 1.807) is 0 Å². The van der Waals surface area contributed by atoms with Gasteiger partial charge in [0.25, 0.3) is 6.43 Å². The van der Waals surface area contributed by atoms with E-state index in [4.69, 9.17) is 0 Å². The highest BCUT2D eigenvalue weighted by atomic mass is 19.3. The van der Waals surface area contributed by atoms with Gasteiger partial charge in [-0.2, -0.15) is 0 Å². The van der Waals surface area contributed by atoms with Crippen LogP contribution in [0.25, 0.3) is 0 Å². The average molecular weight is 326 g/mol. The molecule has 1 aliphatic carbocycles. The number of hydrogen-bond acceptors (Lipinski definition) is 2. The van der Waals surface area contributed by atoms with Gasteiger partial charge >= 0.3 is 0 Å². The van der Waals surface area contributed by atoms with E-state index < -0.39 is 12.2 Å². The van der Waals surface area contributed by atoms with E-state index in [-0.39, 0.29) is 5.56 Å². The molecule has 0 radical (unpaired) electrons. The van der Waals surface area contributed by atoms with Crippen molar-refractivity contribution in [3.63, 3.8) is 0 Å². The summed E-state index contributed by atoms with van der Waals surface area (Å²) in [5.41, 5.74) is 0.402. The van der Waals surface area contributed by atoms with Crippen molar-refractivity contribution in [2.24, 2.45) is 5.92 Å². The first-order chi connectivity index (χ1) is 11.1. The third-order valence-corrected chi connectivity index (χ3v) is 5.23. The summed E-state index contributed by atoms with van der Waals surface area (Å²) in [7, 11) is 0. The van der Waals surface area contributed by atoms with E-state index in [2.05, 4.69) is 10.2 Å². The van der Waals surface area contributed by atoms with Crippen molar-refractivity contribution in [3.8, 4) is 0 Å². The van der Waals surface area contributed by atoms with Gasteiger partial charge in [-0.15, -0.1) is 0 Å². The molecule has 23 heavy (non-hydrogen) atoms. The monoisotopic (exact) mass is 326 g/mol. The Morgan fingerprint density at radius 3 is 2.61 bits per heavy atom. The lowest BCUT2D eigenvalue weighted by atomic mass is 10.0. The van der Waals surface area contributed by atoms with Gasteiger partial charge in [-0.25, -0.2) is 13.2 Å². The molecular formula is C18H25F3N2. The fourth-order valence-electron chi connectivity index (χ4n) is 3.96. The maximum absolute atomic E-state index is 13.6. The second-order valence-corrected chi connectivity index (χ2v) is 6.87. The number of hydrogen-bond donors (Lipinski definition) is 1. The van der Waals surface area contributed by atoms with Gasteiger partial charge < -0.3 is 5.32 Å². The van der Waals surface area contributed by atoms with E-state index in [1.807, 2.05) is 0 Å². The summed E-state index contributed by atoms with van der Waals surface area (Å²) < 4.78 is 40.0. The van der Waals surface area contributed by atoms with Crippen LogP contribution in [0.1, 0.15) is 49.7 Å². The van der Waals surface area contributed by atoms with Crippen LogP contribution in [0, 0.1) is 11.7 Å². The summed E-state index contributed by atoms with van der Waals surface area (Å²) in [6.45, 7) is 3.22. The van der Waals surface area contributed by atoms with Crippen LogP contribution >= 0.6 is 0 Å². The second kappa shape index (κ2) is 7.67. The topological polar surface area (TPSA) is 15.3 Å². The molecule has 2 aliphatic rings. The predicted octanol–water partition coefficient (Wildman–Crippen LogP) is 4.12. The maximum atomic E-state index is 13.6. The van der Waals surface area contributed by atoms with Crippen molar-refractivity contribution in [2.75, 3.05) is 19.6 Å². The quantitative estimate of drug-likeness (QED) is 0.846. The zero-order valence-corrected chi connectivity index (χ0v) is 13.4. The van der Waals surface area contributed by atoms with Crippen molar-refractivity contribution in [1.82, 2.24) is 10.2 Å². The number of nitrogens with one attached hydrogen (secondary N) is 1. The molecule has 1 aromatic carbocycles. The van der Waals surface area contributed by atoms with Crippen LogP contribution in [-0.2, 0) is 6.54 Å². The van der Waals surface area contributed by atoms with E-state index in [1.165, 1.54) is 37.8 Å². The average Bonchev–Trinajstić information content (AvgIpc) is 3.20. The Kier molecular flexibility index (Phi) is 5.59. The standard InChI is InChI=1S/C18H25F3N2/c19-15-5-6-17(18(20)21)14(9-15)12-23(16-7-8-22-10-16)11-13-3-1-2-4-13/h5-6,9,13,16,18,22H,1-4,7-8,10-12H2/t16-/m0/s1. The first-order valence-electron chi connectivity index (χ1n) is 8.64. The summed E-state index contributed by atoms with van der Waals surface area (Å²) in [4.78, 5) is 2.30. The summed E-state index contributed by atoms with van der Waals surface area (Å²) in [5, 5.41) is 3.35. The number of rotatable bonds is 6. The van der Waals surface area contributed by atoms with E-state index in [0.29, 0.717) is 24.1 Å². The molecule has 5 heteroatoms. The fraction of sp³-hybridized carbons (Fsp3) is 0.667. The molecule has 128 valence electrons. The predicted molar refractivity (Wildman–Crippen MR) is 85.0 cm³/mol. The van der Waals surface area contributed by atoms with Crippen LogP contribution in [-0.4, -0.2) is 30.6 Å². The Morgan fingerprint density at radius 2 is 1.96 bits per heavy atom. The molecule has 0 amide bonds. The third-order valence-electron chi connectivity index (χ3n) is 5.23. The molecule has 1 aliphatic heterocycles. The molecule has 0 bridgehead atoms. The number of benzene rings is 1. The smallest absolute Gasteiger partial charge is 0.264 e. The number of halogens is 3. The van der Waals surface area contributed by atoms with Gasteiger partial charge in [0, 0.05) is 31.2 Å². The minimum atomic E-state index is -2.55. The van der Waals surface area contributed by atoms with Gasteiger partial charge in [0.15, 0.2) is 0 Å². The fourth-order valence-corrected chi connectivity index (χ4v) is 3.96. The number of alkyl halides is 2. The van der Waals surface area contributed by atoms with Crippen molar-refractivity contribution in [2.45, 2.75) is 51.1 Å². The minimum Gasteiger partial charge on any atom is -0.315 e. The first kappa shape index (κ1) is 16.8. The second-order valence-electron chi connectivity index (χ2n) is 6.87. The van der Waals surface area contributed by atoms with Crippen LogP contribution in [0.3, 0.4) is 0 Å². The van der Waals surface area contributed by atoms with Crippen LogP contribution in [0.2, 0.25) is 0 Å². The normalized spacial score (nSPS) is 22.6. The van der Waals surface area contributed by atoms with E-state index in [0.717, 1.165) is 32.1 Å². The molecular weight excluding hydrogens is 301 g/mol. The Bertz CT molecular complexity index is 509. The van der Waals surface area contributed by atoms with Crippen molar-refractivity contribution in [3.05, 3.63) is 35.1 Å². The first-order valence-corrected chi connectivity index (χ1v) is 8.64. The van der Waals surface area contributed by atoms with Crippen LogP contribution < -0.4 is 5.32 Å². The maximum Gasteiger partial charge on any atom is 0.264 e.